The molecule has 2 nitrogen and oxygen atoms in total. The van der Waals surface area contributed by atoms with E-state index >= 15 is 0 Å². The van der Waals surface area contributed by atoms with Gasteiger partial charge >= 0.3 is 0 Å². The van der Waals surface area contributed by atoms with Crippen molar-refractivity contribution in [2.45, 2.75) is 16.6 Å². The maximum atomic E-state index is 9.95. The van der Waals surface area contributed by atoms with Crippen LogP contribution in [0.25, 0.3) is 0 Å². The molecule has 48 valence electrons. The molecule has 0 N–H and O–H groups in total. The number of hydrogen-bond acceptors (Lipinski definition) is 2. The van der Waals surface area contributed by atoms with Crippen molar-refractivity contribution in [2.75, 3.05) is 0 Å². The van der Waals surface area contributed by atoms with Crippen molar-refractivity contribution in [3.05, 3.63) is 0 Å². The second kappa shape index (κ2) is 3.45. The molecule has 0 saturated carbocycles. The Balaban J connectivity index is 3.64. The molecule has 0 rings (SSSR count). The van der Waals surface area contributed by atoms with E-state index < -0.39 is 10.8 Å². The largest absolute Gasteiger partial charge is 0.549 e. The fourth-order valence-corrected chi connectivity index (χ4v) is 0.403. The lowest BCUT2D eigenvalue weighted by Crippen LogP contribution is -2.35. The molecule has 0 saturated heterocycles. The zero-order valence-electron chi connectivity index (χ0n) is 4.23. The maximum absolute atomic E-state index is 9.95. The van der Waals surface area contributed by atoms with E-state index in [2.05, 4.69) is 31.9 Å². The van der Waals surface area contributed by atoms with Crippen LogP contribution in [0.4, 0.5) is 0 Å². The highest BCUT2D eigenvalue weighted by Gasteiger charge is 2.09. The SMILES string of the molecule is C[C@H](Br)[C@H](Br)C(=O)[O-]. The van der Waals surface area contributed by atoms with E-state index in [1.165, 1.54) is 0 Å². The summed E-state index contributed by atoms with van der Waals surface area (Å²) in [7, 11) is 0. The van der Waals surface area contributed by atoms with E-state index in [-0.39, 0.29) is 4.83 Å². The molecule has 8 heavy (non-hydrogen) atoms. The van der Waals surface area contributed by atoms with Gasteiger partial charge in [-0.3, -0.25) is 0 Å². The summed E-state index contributed by atoms with van der Waals surface area (Å²) in [6.07, 6.45) is 0. The lowest BCUT2D eigenvalue weighted by atomic mass is 10.3. The smallest absolute Gasteiger partial charge is 0.0663 e. The van der Waals surface area contributed by atoms with E-state index in [4.69, 9.17) is 0 Å². The maximum Gasteiger partial charge on any atom is 0.0663 e. The van der Waals surface area contributed by atoms with Gasteiger partial charge in [-0.05, 0) is 0 Å². The fourth-order valence-electron chi connectivity index (χ4n) is 0.188. The number of rotatable bonds is 2. The molecule has 0 heterocycles. The summed E-state index contributed by atoms with van der Waals surface area (Å²) < 4.78 is 0. The summed E-state index contributed by atoms with van der Waals surface area (Å²) in [6, 6.07) is 0. The summed E-state index contributed by atoms with van der Waals surface area (Å²) >= 11 is 5.97. The number of hydrogen-bond donors (Lipinski definition) is 0. The zero-order valence-corrected chi connectivity index (χ0v) is 7.40. The summed E-state index contributed by atoms with van der Waals surface area (Å²) in [5, 5.41) is 9.95. The third-order valence-corrected chi connectivity index (χ3v) is 3.03. The molecule has 0 spiro atoms. The first-order chi connectivity index (χ1) is 3.55. The first kappa shape index (κ1) is 8.43. The normalized spacial score (nSPS) is 17.4. The second-order valence-corrected chi connectivity index (χ2v) is 3.83. The van der Waals surface area contributed by atoms with Crippen LogP contribution in [0.5, 0.6) is 0 Å². The van der Waals surface area contributed by atoms with Crippen molar-refractivity contribution in [2.24, 2.45) is 0 Å². The van der Waals surface area contributed by atoms with Gasteiger partial charge in [0.05, 0.1) is 10.8 Å². The van der Waals surface area contributed by atoms with E-state index in [0.717, 1.165) is 0 Å². The van der Waals surface area contributed by atoms with Gasteiger partial charge in [0, 0.05) is 4.83 Å². The third kappa shape index (κ3) is 2.67. The Bertz CT molecular complexity index is 92.0. The predicted molar refractivity (Wildman–Crippen MR) is 36.1 cm³/mol. The first-order valence-electron chi connectivity index (χ1n) is 2.04. The average Bonchev–Trinajstić information content (AvgIpc) is 1.64. The molecule has 0 aromatic heterocycles. The number of carboxylic acid groups (broad SMARTS) is 1. The van der Waals surface area contributed by atoms with Crippen LogP contribution in [0.15, 0.2) is 0 Å². The zero-order chi connectivity index (χ0) is 6.73. The number of alkyl halides is 2. The van der Waals surface area contributed by atoms with Gasteiger partial charge in [0.2, 0.25) is 0 Å². The second-order valence-electron chi connectivity index (χ2n) is 1.40. The van der Waals surface area contributed by atoms with Crippen LogP contribution in [-0.2, 0) is 4.79 Å². The molecule has 0 aromatic carbocycles. The molecule has 0 aliphatic carbocycles. The molecule has 0 unspecified atom stereocenters. The lowest BCUT2D eigenvalue weighted by molar-refractivity contribution is -0.304. The molecular formula is C4H5Br2O2-. The molecule has 0 aliphatic heterocycles. The van der Waals surface area contributed by atoms with E-state index in [9.17, 15) is 9.90 Å². The van der Waals surface area contributed by atoms with Gasteiger partial charge in [-0.2, -0.15) is 0 Å². The van der Waals surface area contributed by atoms with Crippen LogP contribution < -0.4 is 5.11 Å². The van der Waals surface area contributed by atoms with Crippen molar-refractivity contribution < 1.29 is 9.90 Å². The quantitative estimate of drug-likeness (QED) is 0.655. The topological polar surface area (TPSA) is 40.1 Å². The monoisotopic (exact) mass is 243 g/mol. The number of halogens is 2. The van der Waals surface area contributed by atoms with Gasteiger partial charge in [-0.1, -0.05) is 38.8 Å². The summed E-state index contributed by atoms with van der Waals surface area (Å²) in [5.74, 6) is -1.09. The van der Waals surface area contributed by atoms with Crippen molar-refractivity contribution >= 4 is 37.8 Å². The van der Waals surface area contributed by atoms with Gasteiger partial charge in [0.1, 0.15) is 0 Å². The van der Waals surface area contributed by atoms with E-state index in [1.54, 1.807) is 6.92 Å². The fraction of sp³-hybridized carbons (Fsp3) is 0.750. The summed E-state index contributed by atoms with van der Waals surface area (Å²) in [4.78, 5) is 9.27. The van der Waals surface area contributed by atoms with Gasteiger partial charge in [0.25, 0.3) is 0 Å². The molecule has 0 fully saturated rings. The standard InChI is InChI=1S/C4H6Br2O2/c1-2(5)3(6)4(7)8/h2-3H,1H3,(H,7,8)/p-1/t2-,3-/m0/s1. The minimum absolute atomic E-state index is 0.0903. The first-order valence-corrected chi connectivity index (χ1v) is 3.88. The highest BCUT2D eigenvalue weighted by molar-refractivity contribution is 9.12. The van der Waals surface area contributed by atoms with Crippen LogP contribution in [0, 0.1) is 0 Å². The Kier molecular flexibility index (Phi) is 3.64. The van der Waals surface area contributed by atoms with Crippen molar-refractivity contribution in [3.63, 3.8) is 0 Å². The highest BCUT2D eigenvalue weighted by atomic mass is 79.9. The molecule has 2 atom stereocenters. The molecule has 0 bridgehead atoms. The minimum atomic E-state index is -1.09. The van der Waals surface area contributed by atoms with Gasteiger partial charge in [-0.15, -0.1) is 0 Å². The number of carbonyl (C=O) groups excluding carboxylic acids is 1. The number of carboxylic acids is 1. The van der Waals surface area contributed by atoms with Crippen LogP contribution in [0.2, 0.25) is 0 Å². The van der Waals surface area contributed by atoms with Crippen molar-refractivity contribution in [1.29, 1.82) is 0 Å². The van der Waals surface area contributed by atoms with E-state index in [1.807, 2.05) is 0 Å². The predicted octanol–water partition coefficient (Wildman–Crippen LogP) is 0.283. The summed E-state index contributed by atoms with van der Waals surface area (Å²) in [6.45, 7) is 1.73. The van der Waals surface area contributed by atoms with Crippen molar-refractivity contribution in [1.82, 2.24) is 0 Å². The Hall–Kier alpha value is 0.430. The van der Waals surface area contributed by atoms with Gasteiger partial charge in [-0.25, -0.2) is 0 Å². The molecule has 0 aromatic rings. The Labute approximate surface area is 64.5 Å². The van der Waals surface area contributed by atoms with Crippen LogP contribution >= 0.6 is 31.9 Å². The number of carbonyl (C=O) groups is 1. The Morgan fingerprint density at radius 2 is 2.00 bits per heavy atom. The van der Waals surface area contributed by atoms with Crippen LogP contribution in [0.1, 0.15) is 6.92 Å². The van der Waals surface area contributed by atoms with Gasteiger partial charge < -0.3 is 9.90 Å². The summed E-state index contributed by atoms with van der Waals surface area (Å²) in [5.41, 5.74) is 0. The molecule has 0 aliphatic rings. The Morgan fingerprint density at radius 1 is 1.62 bits per heavy atom. The Morgan fingerprint density at radius 3 is 2.00 bits per heavy atom. The third-order valence-electron chi connectivity index (χ3n) is 0.628. The van der Waals surface area contributed by atoms with Crippen LogP contribution in [-0.4, -0.2) is 15.6 Å². The van der Waals surface area contributed by atoms with Gasteiger partial charge in [0.15, 0.2) is 0 Å². The molecule has 0 radical (unpaired) electrons. The molecule has 4 heteroatoms. The van der Waals surface area contributed by atoms with Crippen molar-refractivity contribution in [3.8, 4) is 0 Å². The minimum Gasteiger partial charge on any atom is -0.549 e. The van der Waals surface area contributed by atoms with E-state index in [0.29, 0.717) is 0 Å². The van der Waals surface area contributed by atoms with Crippen LogP contribution in [0.3, 0.4) is 0 Å². The molecular weight excluding hydrogens is 240 g/mol. The number of aliphatic carboxylic acids is 1. The average molecular weight is 245 g/mol. The highest BCUT2D eigenvalue weighted by Crippen LogP contribution is 2.11. The lowest BCUT2D eigenvalue weighted by Gasteiger charge is -2.11. The molecule has 0 amide bonds.